The summed E-state index contributed by atoms with van der Waals surface area (Å²) in [5.41, 5.74) is -0.874. The summed E-state index contributed by atoms with van der Waals surface area (Å²) in [4.78, 5) is 0. The summed E-state index contributed by atoms with van der Waals surface area (Å²) in [5.74, 6) is 0. The van der Waals surface area contributed by atoms with E-state index in [4.69, 9.17) is 14.9 Å². The molecule has 12 heavy (non-hydrogen) atoms. The van der Waals surface area contributed by atoms with Gasteiger partial charge in [0.15, 0.2) is 0 Å². The van der Waals surface area contributed by atoms with Crippen LogP contribution in [0.1, 0.15) is 0 Å². The fourth-order valence-corrected chi connectivity index (χ4v) is 1.41. The van der Waals surface area contributed by atoms with Crippen LogP contribution < -0.4 is 0 Å². The molecular formula is C6H12O5S. The molecule has 0 amide bonds. The van der Waals surface area contributed by atoms with Gasteiger partial charge in [0.1, 0.15) is 29.9 Å². The third-order valence-electron chi connectivity index (χ3n) is 1.87. The number of hydrogen-bond donors (Lipinski definition) is 5. The van der Waals surface area contributed by atoms with Gasteiger partial charge in [-0.15, -0.1) is 12.6 Å². The SMILES string of the molecule is OCC1O[C@H](S)C(O)[C@@H](O)[C@@H]1O. The topological polar surface area (TPSA) is 90.2 Å². The molecule has 1 saturated heterocycles. The van der Waals surface area contributed by atoms with E-state index >= 15 is 0 Å². The zero-order valence-electron chi connectivity index (χ0n) is 6.24. The summed E-state index contributed by atoms with van der Waals surface area (Å²) in [7, 11) is 0. The van der Waals surface area contributed by atoms with Gasteiger partial charge < -0.3 is 25.2 Å². The van der Waals surface area contributed by atoms with Crippen LogP contribution in [0.5, 0.6) is 0 Å². The highest BCUT2D eigenvalue weighted by molar-refractivity contribution is 7.80. The molecule has 0 radical (unpaired) electrons. The van der Waals surface area contributed by atoms with Crippen molar-refractivity contribution in [3.63, 3.8) is 0 Å². The summed E-state index contributed by atoms with van der Waals surface area (Å²) in [5, 5.41) is 36.2. The van der Waals surface area contributed by atoms with Crippen molar-refractivity contribution < 1.29 is 25.2 Å². The first kappa shape index (κ1) is 10.2. The summed E-state index contributed by atoms with van der Waals surface area (Å²) >= 11 is 3.81. The molecule has 0 aromatic rings. The van der Waals surface area contributed by atoms with Crippen molar-refractivity contribution in [3.8, 4) is 0 Å². The number of aliphatic hydroxyl groups excluding tert-OH is 4. The highest BCUT2D eigenvalue weighted by Crippen LogP contribution is 2.22. The Labute approximate surface area is 75.0 Å². The maximum Gasteiger partial charge on any atom is 0.129 e. The second kappa shape index (κ2) is 3.91. The molecule has 72 valence electrons. The van der Waals surface area contributed by atoms with Crippen LogP contribution in [0.3, 0.4) is 0 Å². The minimum Gasteiger partial charge on any atom is -0.394 e. The van der Waals surface area contributed by atoms with Crippen LogP contribution in [-0.2, 0) is 4.74 Å². The van der Waals surface area contributed by atoms with Gasteiger partial charge in [0.05, 0.1) is 6.61 Å². The minimum atomic E-state index is -1.32. The van der Waals surface area contributed by atoms with Crippen LogP contribution in [0, 0.1) is 0 Å². The first-order valence-corrected chi connectivity index (χ1v) is 4.08. The molecule has 1 fully saturated rings. The molecule has 0 aliphatic carbocycles. The van der Waals surface area contributed by atoms with Crippen molar-refractivity contribution in [3.05, 3.63) is 0 Å². The van der Waals surface area contributed by atoms with Crippen LogP contribution in [0.25, 0.3) is 0 Å². The van der Waals surface area contributed by atoms with Crippen molar-refractivity contribution in [1.82, 2.24) is 0 Å². The molecule has 0 aromatic heterocycles. The van der Waals surface area contributed by atoms with Gasteiger partial charge in [-0.25, -0.2) is 0 Å². The van der Waals surface area contributed by atoms with Crippen molar-refractivity contribution in [1.29, 1.82) is 0 Å². The number of ether oxygens (including phenoxy) is 1. The van der Waals surface area contributed by atoms with Crippen molar-refractivity contribution in [2.75, 3.05) is 6.61 Å². The van der Waals surface area contributed by atoms with E-state index in [1.807, 2.05) is 0 Å². The van der Waals surface area contributed by atoms with Crippen LogP contribution >= 0.6 is 12.6 Å². The Bertz CT molecular complexity index is 150. The Hall–Kier alpha value is 0.150. The van der Waals surface area contributed by atoms with Gasteiger partial charge in [-0.05, 0) is 0 Å². The van der Waals surface area contributed by atoms with Crippen molar-refractivity contribution in [2.24, 2.45) is 0 Å². The Kier molecular flexibility index (Phi) is 3.33. The average molecular weight is 196 g/mol. The van der Waals surface area contributed by atoms with Gasteiger partial charge >= 0.3 is 0 Å². The van der Waals surface area contributed by atoms with E-state index in [2.05, 4.69) is 12.6 Å². The Morgan fingerprint density at radius 1 is 1.08 bits per heavy atom. The summed E-state index contributed by atoms with van der Waals surface area (Å²) in [6.07, 6.45) is -4.70. The zero-order valence-corrected chi connectivity index (χ0v) is 7.13. The highest BCUT2D eigenvalue weighted by atomic mass is 32.1. The Morgan fingerprint density at radius 3 is 2.17 bits per heavy atom. The minimum absolute atomic E-state index is 0.415. The van der Waals surface area contributed by atoms with E-state index in [1.54, 1.807) is 0 Å². The summed E-state index contributed by atoms with van der Waals surface area (Å²) < 4.78 is 4.88. The molecule has 6 heteroatoms. The predicted molar refractivity (Wildman–Crippen MR) is 42.8 cm³/mol. The van der Waals surface area contributed by atoms with Crippen LogP contribution in [-0.4, -0.2) is 56.9 Å². The van der Waals surface area contributed by atoms with E-state index < -0.39 is 36.5 Å². The lowest BCUT2D eigenvalue weighted by Gasteiger charge is -2.37. The molecule has 1 aliphatic rings. The average Bonchev–Trinajstić information content (AvgIpc) is 2.08. The Balaban J connectivity index is 2.63. The normalized spacial score (nSPS) is 49.2. The van der Waals surface area contributed by atoms with Crippen LogP contribution in [0.4, 0.5) is 0 Å². The molecular weight excluding hydrogens is 184 g/mol. The molecule has 0 aromatic carbocycles. The molecule has 2 unspecified atom stereocenters. The monoisotopic (exact) mass is 196 g/mol. The maximum absolute atomic E-state index is 9.20. The summed E-state index contributed by atoms with van der Waals surface area (Å²) in [6.45, 7) is -0.415. The maximum atomic E-state index is 9.20. The van der Waals surface area contributed by atoms with Gasteiger partial charge in [-0.3, -0.25) is 0 Å². The molecule has 0 spiro atoms. The van der Waals surface area contributed by atoms with Crippen molar-refractivity contribution in [2.45, 2.75) is 29.9 Å². The lowest BCUT2D eigenvalue weighted by Crippen LogP contribution is -2.56. The van der Waals surface area contributed by atoms with Crippen molar-refractivity contribution >= 4 is 12.6 Å². The molecule has 4 N–H and O–H groups in total. The van der Waals surface area contributed by atoms with E-state index in [9.17, 15) is 10.2 Å². The van der Waals surface area contributed by atoms with Gasteiger partial charge in [-0.1, -0.05) is 0 Å². The first-order chi connectivity index (χ1) is 5.57. The Morgan fingerprint density at radius 2 is 1.67 bits per heavy atom. The fraction of sp³-hybridized carbons (Fsp3) is 1.00. The molecule has 5 nitrogen and oxygen atoms in total. The largest absolute Gasteiger partial charge is 0.394 e. The van der Waals surface area contributed by atoms with Gasteiger partial charge in [-0.2, -0.15) is 0 Å². The highest BCUT2D eigenvalue weighted by Gasteiger charge is 2.41. The third kappa shape index (κ3) is 1.73. The van der Waals surface area contributed by atoms with E-state index in [1.165, 1.54) is 0 Å². The first-order valence-electron chi connectivity index (χ1n) is 3.56. The smallest absolute Gasteiger partial charge is 0.129 e. The number of hydrogen-bond acceptors (Lipinski definition) is 6. The number of thiol groups is 1. The quantitative estimate of drug-likeness (QED) is 0.305. The summed E-state index contributed by atoms with van der Waals surface area (Å²) in [6, 6.07) is 0. The number of aliphatic hydroxyl groups is 4. The second-order valence-corrected chi connectivity index (χ2v) is 3.23. The standard InChI is InChI=1S/C6H12O5S/c7-1-2-3(8)4(9)5(10)6(12)11-2/h2-10,12H,1H2/t2?,3-,4+,5?,6-/m1/s1. The zero-order chi connectivity index (χ0) is 9.30. The third-order valence-corrected chi connectivity index (χ3v) is 2.29. The van der Waals surface area contributed by atoms with Gasteiger partial charge in [0.2, 0.25) is 0 Å². The molecule has 1 aliphatic heterocycles. The van der Waals surface area contributed by atoms with Gasteiger partial charge in [0, 0.05) is 0 Å². The lowest BCUT2D eigenvalue weighted by atomic mass is 10.0. The van der Waals surface area contributed by atoms with E-state index in [-0.39, 0.29) is 0 Å². The molecule has 0 bridgehead atoms. The lowest BCUT2D eigenvalue weighted by molar-refractivity contribution is -0.205. The van der Waals surface area contributed by atoms with E-state index in [0.29, 0.717) is 0 Å². The molecule has 5 atom stereocenters. The van der Waals surface area contributed by atoms with E-state index in [0.717, 1.165) is 0 Å². The molecule has 1 rings (SSSR count). The molecule has 0 saturated carbocycles. The molecule has 1 heterocycles. The second-order valence-electron chi connectivity index (χ2n) is 2.72. The number of rotatable bonds is 1. The van der Waals surface area contributed by atoms with Crippen LogP contribution in [0.2, 0.25) is 0 Å². The van der Waals surface area contributed by atoms with Gasteiger partial charge in [0.25, 0.3) is 0 Å². The fourth-order valence-electron chi connectivity index (χ4n) is 1.08. The predicted octanol–water partition coefficient (Wildman–Crippen LogP) is -2.28. The van der Waals surface area contributed by atoms with Crippen LogP contribution in [0.15, 0.2) is 0 Å².